The van der Waals surface area contributed by atoms with Crippen LogP contribution in [-0.2, 0) is 0 Å². The molecule has 0 aliphatic rings. The van der Waals surface area contributed by atoms with Crippen LogP contribution in [-0.4, -0.2) is 16.8 Å². The molecule has 0 saturated heterocycles. The van der Waals surface area contributed by atoms with Crippen LogP contribution in [0.1, 0.15) is 0 Å². The first-order chi connectivity index (χ1) is 6.22. The van der Waals surface area contributed by atoms with Gasteiger partial charge in [-0.1, -0.05) is 11.6 Å². The molecular weight excluding hydrogens is 192 g/mol. The maximum absolute atomic E-state index is 11.2. The quantitative estimate of drug-likeness (QED) is 0.745. The molecule has 0 bridgehead atoms. The van der Waals surface area contributed by atoms with Crippen LogP contribution in [0.2, 0.25) is 5.02 Å². The highest BCUT2D eigenvalue weighted by Crippen LogP contribution is 2.15. The standard InChI is InChI=1S/C8H7ClN2O2/c1-13-11-7-4-5(9)2-3-6(7)10-8(11)12/h2-4H,1H3,(H,10,12). The molecule has 0 fully saturated rings. The zero-order valence-corrected chi connectivity index (χ0v) is 7.63. The lowest BCUT2D eigenvalue weighted by Gasteiger charge is -1.98. The van der Waals surface area contributed by atoms with Crippen LogP contribution in [0.15, 0.2) is 23.0 Å². The molecule has 5 heteroatoms. The lowest BCUT2D eigenvalue weighted by molar-refractivity contribution is 0.169. The fourth-order valence-corrected chi connectivity index (χ4v) is 1.40. The third-order valence-corrected chi connectivity index (χ3v) is 2.02. The van der Waals surface area contributed by atoms with Crippen LogP contribution >= 0.6 is 11.6 Å². The molecule has 0 amide bonds. The summed E-state index contributed by atoms with van der Waals surface area (Å²) in [7, 11) is 1.43. The average Bonchev–Trinajstić information content (AvgIpc) is 2.40. The van der Waals surface area contributed by atoms with Gasteiger partial charge in [-0.05, 0) is 18.2 Å². The first kappa shape index (κ1) is 8.19. The molecule has 0 aliphatic heterocycles. The third kappa shape index (κ3) is 1.19. The summed E-state index contributed by atoms with van der Waals surface area (Å²) in [5, 5.41) is 0.567. The number of hydrogen-bond donors (Lipinski definition) is 1. The Morgan fingerprint density at radius 1 is 1.54 bits per heavy atom. The van der Waals surface area contributed by atoms with Crippen LogP contribution in [0.4, 0.5) is 0 Å². The van der Waals surface area contributed by atoms with Crippen LogP contribution in [0.3, 0.4) is 0 Å². The van der Waals surface area contributed by atoms with Crippen molar-refractivity contribution in [1.29, 1.82) is 0 Å². The van der Waals surface area contributed by atoms with Crippen molar-refractivity contribution in [1.82, 2.24) is 9.71 Å². The van der Waals surface area contributed by atoms with E-state index < -0.39 is 0 Å². The molecule has 1 heterocycles. The molecule has 0 spiro atoms. The van der Waals surface area contributed by atoms with Gasteiger partial charge < -0.3 is 9.82 Å². The van der Waals surface area contributed by atoms with Gasteiger partial charge >= 0.3 is 5.69 Å². The summed E-state index contributed by atoms with van der Waals surface area (Å²) in [6, 6.07) is 5.10. The molecular formula is C8H7ClN2O2. The highest BCUT2D eigenvalue weighted by atomic mass is 35.5. The van der Waals surface area contributed by atoms with Crippen molar-refractivity contribution in [2.24, 2.45) is 0 Å². The van der Waals surface area contributed by atoms with Crippen LogP contribution in [0.5, 0.6) is 0 Å². The molecule has 1 aromatic carbocycles. The molecule has 1 aromatic heterocycles. The molecule has 13 heavy (non-hydrogen) atoms. The first-order valence-electron chi connectivity index (χ1n) is 3.67. The van der Waals surface area contributed by atoms with Crippen LogP contribution in [0, 0.1) is 0 Å². The van der Waals surface area contributed by atoms with Crippen molar-refractivity contribution in [2.45, 2.75) is 0 Å². The van der Waals surface area contributed by atoms with Gasteiger partial charge in [0.2, 0.25) is 0 Å². The van der Waals surface area contributed by atoms with Crippen molar-refractivity contribution < 1.29 is 4.84 Å². The number of hydrogen-bond acceptors (Lipinski definition) is 2. The number of benzene rings is 1. The Hall–Kier alpha value is -1.42. The molecule has 0 unspecified atom stereocenters. The Morgan fingerprint density at radius 2 is 2.31 bits per heavy atom. The zero-order chi connectivity index (χ0) is 9.42. The van der Waals surface area contributed by atoms with Gasteiger partial charge in [-0.3, -0.25) is 0 Å². The summed E-state index contributed by atoms with van der Waals surface area (Å²) < 4.78 is 1.15. The summed E-state index contributed by atoms with van der Waals surface area (Å²) in [4.78, 5) is 18.7. The SMILES string of the molecule is COn1c(=O)[nH]c2ccc(Cl)cc21. The second-order valence-electron chi connectivity index (χ2n) is 2.57. The highest BCUT2D eigenvalue weighted by Gasteiger charge is 2.05. The van der Waals surface area contributed by atoms with E-state index in [1.54, 1.807) is 18.2 Å². The van der Waals surface area contributed by atoms with Gasteiger partial charge in [-0.2, -0.15) is 0 Å². The summed E-state index contributed by atoms with van der Waals surface area (Å²) >= 11 is 5.77. The number of halogens is 1. The van der Waals surface area contributed by atoms with Gasteiger partial charge in [-0.15, -0.1) is 4.73 Å². The number of nitrogens with zero attached hydrogens (tertiary/aromatic N) is 1. The molecule has 1 N–H and O–H groups in total. The summed E-state index contributed by atoms with van der Waals surface area (Å²) in [6.45, 7) is 0. The molecule has 68 valence electrons. The predicted molar refractivity (Wildman–Crippen MR) is 50.1 cm³/mol. The lowest BCUT2D eigenvalue weighted by atomic mass is 10.3. The molecule has 4 nitrogen and oxygen atoms in total. The van der Waals surface area contributed by atoms with Crippen molar-refractivity contribution in [3.63, 3.8) is 0 Å². The topological polar surface area (TPSA) is 47.0 Å². The number of imidazole rings is 1. The number of fused-ring (bicyclic) bond motifs is 1. The smallest absolute Gasteiger partial charge is 0.359 e. The van der Waals surface area contributed by atoms with E-state index in [0.29, 0.717) is 16.1 Å². The minimum Gasteiger partial charge on any atom is -0.412 e. The normalized spacial score (nSPS) is 10.6. The van der Waals surface area contributed by atoms with Gasteiger partial charge in [0.1, 0.15) is 12.6 Å². The van der Waals surface area contributed by atoms with Crippen molar-refractivity contribution in [3.8, 4) is 0 Å². The number of aromatic amines is 1. The van der Waals surface area contributed by atoms with E-state index in [2.05, 4.69) is 4.98 Å². The fraction of sp³-hybridized carbons (Fsp3) is 0.125. The van der Waals surface area contributed by atoms with E-state index >= 15 is 0 Å². The Balaban J connectivity index is 2.89. The van der Waals surface area contributed by atoms with Crippen LogP contribution in [0.25, 0.3) is 11.0 Å². The van der Waals surface area contributed by atoms with Crippen LogP contribution < -0.4 is 10.5 Å². The lowest BCUT2D eigenvalue weighted by Crippen LogP contribution is -2.21. The molecule has 0 saturated carbocycles. The van der Waals surface area contributed by atoms with Gasteiger partial charge in [0, 0.05) is 5.02 Å². The van der Waals surface area contributed by atoms with Gasteiger partial charge in [0.05, 0.1) is 5.52 Å². The number of H-pyrrole nitrogens is 1. The minimum absolute atomic E-state index is 0.306. The highest BCUT2D eigenvalue weighted by molar-refractivity contribution is 6.31. The summed E-state index contributed by atoms with van der Waals surface area (Å²) in [5.74, 6) is 0. The third-order valence-electron chi connectivity index (χ3n) is 1.79. The van der Waals surface area contributed by atoms with Crippen molar-refractivity contribution >= 4 is 22.6 Å². The second kappa shape index (κ2) is 2.81. The van der Waals surface area contributed by atoms with E-state index in [1.807, 2.05) is 0 Å². The summed E-state index contributed by atoms with van der Waals surface area (Å²) in [5.41, 5.74) is 1.04. The number of rotatable bonds is 1. The Morgan fingerprint density at radius 3 is 3.00 bits per heavy atom. The number of aromatic nitrogens is 2. The molecule has 0 aliphatic carbocycles. The van der Waals surface area contributed by atoms with E-state index in [9.17, 15) is 4.79 Å². The maximum Gasteiger partial charge on any atom is 0.359 e. The fourth-order valence-electron chi connectivity index (χ4n) is 1.24. The maximum atomic E-state index is 11.2. The summed E-state index contributed by atoms with van der Waals surface area (Å²) in [6.07, 6.45) is 0. The predicted octanol–water partition coefficient (Wildman–Crippen LogP) is 1.04. The average molecular weight is 199 g/mol. The van der Waals surface area contributed by atoms with Crippen molar-refractivity contribution in [2.75, 3.05) is 7.11 Å². The molecule has 2 rings (SSSR count). The van der Waals surface area contributed by atoms with Crippen molar-refractivity contribution in [3.05, 3.63) is 33.7 Å². The zero-order valence-electron chi connectivity index (χ0n) is 6.87. The molecule has 0 radical (unpaired) electrons. The van der Waals surface area contributed by atoms with Gasteiger partial charge in [0.15, 0.2) is 0 Å². The Labute approximate surface area is 78.6 Å². The Kier molecular flexibility index (Phi) is 1.77. The molecule has 0 atom stereocenters. The Bertz CT molecular complexity index is 500. The van der Waals surface area contributed by atoms with E-state index in [4.69, 9.17) is 16.4 Å². The second-order valence-corrected chi connectivity index (χ2v) is 3.01. The minimum atomic E-state index is -0.306. The van der Waals surface area contributed by atoms with E-state index in [1.165, 1.54) is 7.11 Å². The molecule has 2 aromatic rings. The van der Waals surface area contributed by atoms with Gasteiger partial charge in [0.25, 0.3) is 0 Å². The monoisotopic (exact) mass is 198 g/mol. The van der Waals surface area contributed by atoms with E-state index in [-0.39, 0.29) is 5.69 Å². The van der Waals surface area contributed by atoms with Gasteiger partial charge in [-0.25, -0.2) is 4.79 Å². The number of nitrogens with one attached hydrogen (secondary N) is 1. The first-order valence-corrected chi connectivity index (χ1v) is 4.05. The van der Waals surface area contributed by atoms with E-state index in [0.717, 1.165) is 4.73 Å². The largest absolute Gasteiger partial charge is 0.412 e.